The Morgan fingerprint density at radius 1 is 1.43 bits per heavy atom. The average molecular weight is 209 g/mol. The lowest BCUT2D eigenvalue weighted by Gasteiger charge is -2.07. The molecule has 0 bridgehead atoms. The van der Waals surface area contributed by atoms with E-state index in [0.29, 0.717) is 5.02 Å². The van der Waals surface area contributed by atoms with E-state index in [0.717, 1.165) is 11.3 Å². The van der Waals surface area contributed by atoms with Gasteiger partial charge in [-0.05, 0) is 18.6 Å². The summed E-state index contributed by atoms with van der Waals surface area (Å²) in [4.78, 5) is 13.9. The normalized spacial score (nSPS) is 10.4. The zero-order valence-corrected chi connectivity index (χ0v) is 8.38. The molecule has 1 heterocycles. The molecule has 0 unspecified atom stereocenters. The van der Waals surface area contributed by atoms with Gasteiger partial charge in [0.1, 0.15) is 0 Å². The summed E-state index contributed by atoms with van der Waals surface area (Å²) in [7, 11) is 0. The fraction of sp³-hybridized carbons (Fsp3) is 0.100. The zero-order valence-electron chi connectivity index (χ0n) is 7.62. The van der Waals surface area contributed by atoms with Gasteiger partial charge in [-0.3, -0.25) is 4.57 Å². The molecule has 1 aromatic carbocycles. The summed E-state index contributed by atoms with van der Waals surface area (Å²) in [6.45, 7) is 1.92. The van der Waals surface area contributed by atoms with Gasteiger partial charge < -0.3 is 4.98 Å². The van der Waals surface area contributed by atoms with Crippen LogP contribution in [0.3, 0.4) is 0 Å². The molecular formula is C10H9ClN2O. The van der Waals surface area contributed by atoms with Gasteiger partial charge in [-0.2, -0.15) is 0 Å². The highest BCUT2D eigenvalue weighted by atomic mass is 35.5. The lowest BCUT2D eigenvalue weighted by Crippen LogP contribution is -2.15. The minimum absolute atomic E-state index is 0.179. The largest absolute Gasteiger partial charge is 0.330 e. The number of nitrogens with one attached hydrogen (secondary N) is 1. The lowest BCUT2D eigenvalue weighted by molar-refractivity contribution is 0.976. The highest BCUT2D eigenvalue weighted by Gasteiger charge is 2.07. The van der Waals surface area contributed by atoms with Crippen LogP contribution in [0.2, 0.25) is 5.02 Å². The molecule has 2 rings (SSSR count). The van der Waals surface area contributed by atoms with E-state index in [4.69, 9.17) is 11.6 Å². The average Bonchev–Trinajstić information content (AvgIpc) is 2.52. The highest BCUT2D eigenvalue weighted by molar-refractivity contribution is 6.32. The Kier molecular flexibility index (Phi) is 2.17. The van der Waals surface area contributed by atoms with Crippen molar-refractivity contribution in [2.45, 2.75) is 6.92 Å². The molecule has 0 atom stereocenters. The molecule has 0 spiro atoms. The third kappa shape index (κ3) is 1.36. The Hall–Kier alpha value is -1.48. The van der Waals surface area contributed by atoms with Crippen LogP contribution >= 0.6 is 11.6 Å². The van der Waals surface area contributed by atoms with Gasteiger partial charge in [0.25, 0.3) is 0 Å². The number of aromatic amines is 1. The van der Waals surface area contributed by atoms with Crippen LogP contribution in [-0.2, 0) is 0 Å². The van der Waals surface area contributed by atoms with Gasteiger partial charge in [0.2, 0.25) is 0 Å². The first-order valence-electron chi connectivity index (χ1n) is 4.21. The maximum absolute atomic E-state index is 11.4. The predicted octanol–water partition coefficient (Wildman–Crippen LogP) is 2.13. The number of hydrogen-bond acceptors (Lipinski definition) is 1. The van der Waals surface area contributed by atoms with Gasteiger partial charge in [0, 0.05) is 12.4 Å². The smallest absolute Gasteiger partial charge is 0.312 e. The maximum Gasteiger partial charge on any atom is 0.330 e. The second-order valence-corrected chi connectivity index (χ2v) is 3.45. The zero-order chi connectivity index (χ0) is 10.1. The number of benzene rings is 1. The van der Waals surface area contributed by atoms with E-state index in [1.54, 1.807) is 18.5 Å². The molecule has 0 aliphatic heterocycles. The second kappa shape index (κ2) is 3.35. The number of rotatable bonds is 1. The highest BCUT2D eigenvalue weighted by Crippen LogP contribution is 2.22. The van der Waals surface area contributed by atoms with E-state index in [-0.39, 0.29) is 5.69 Å². The SMILES string of the molecule is Cc1cccc(Cl)c1-n1cc[nH]c1=O. The van der Waals surface area contributed by atoms with Crippen molar-refractivity contribution in [2.75, 3.05) is 0 Å². The molecule has 2 aromatic rings. The van der Waals surface area contributed by atoms with Crippen molar-refractivity contribution in [3.63, 3.8) is 0 Å². The number of hydrogen-bond donors (Lipinski definition) is 1. The Balaban J connectivity index is 2.74. The predicted molar refractivity (Wildman–Crippen MR) is 56.1 cm³/mol. The van der Waals surface area contributed by atoms with E-state index in [9.17, 15) is 4.79 Å². The van der Waals surface area contributed by atoms with Crippen LogP contribution in [0.25, 0.3) is 5.69 Å². The number of imidazole rings is 1. The number of H-pyrrole nitrogens is 1. The van der Waals surface area contributed by atoms with Crippen molar-refractivity contribution in [3.8, 4) is 5.69 Å². The molecule has 72 valence electrons. The molecule has 14 heavy (non-hydrogen) atoms. The minimum atomic E-state index is -0.179. The molecule has 0 fully saturated rings. The molecule has 0 saturated carbocycles. The summed E-state index contributed by atoms with van der Waals surface area (Å²) in [6.07, 6.45) is 3.25. The summed E-state index contributed by atoms with van der Waals surface area (Å²) in [6, 6.07) is 5.54. The Morgan fingerprint density at radius 2 is 2.21 bits per heavy atom. The molecular weight excluding hydrogens is 200 g/mol. The van der Waals surface area contributed by atoms with Crippen molar-refractivity contribution in [3.05, 3.63) is 51.7 Å². The first kappa shape index (κ1) is 9.09. The Morgan fingerprint density at radius 3 is 2.79 bits per heavy atom. The van der Waals surface area contributed by atoms with E-state index in [2.05, 4.69) is 4.98 Å². The Labute approximate surface area is 86.0 Å². The van der Waals surface area contributed by atoms with Gasteiger partial charge in [-0.15, -0.1) is 0 Å². The summed E-state index contributed by atoms with van der Waals surface area (Å²) >= 11 is 6.02. The molecule has 3 nitrogen and oxygen atoms in total. The topological polar surface area (TPSA) is 37.8 Å². The van der Waals surface area contributed by atoms with Crippen LogP contribution in [-0.4, -0.2) is 9.55 Å². The van der Waals surface area contributed by atoms with Crippen molar-refractivity contribution in [2.24, 2.45) is 0 Å². The molecule has 0 radical (unpaired) electrons. The van der Waals surface area contributed by atoms with E-state index in [1.165, 1.54) is 4.57 Å². The van der Waals surface area contributed by atoms with Crippen LogP contribution in [0, 0.1) is 6.92 Å². The summed E-state index contributed by atoms with van der Waals surface area (Å²) in [5.74, 6) is 0. The second-order valence-electron chi connectivity index (χ2n) is 3.04. The molecule has 0 aliphatic carbocycles. The summed E-state index contributed by atoms with van der Waals surface area (Å²) in [5, 5.41) is 0.576. The number of para-hydroxylation sites is 1. The molecule has 0 saturated heterocycles. The Bertz CT molecular complexity index is 493. The third-order valence-corrected chi connectivity index (χ3v) is 2.38. The minimum Gasteiger partial charge on any atom is -0.312 e. The molecule has 1 aromatic heterocycles. The van der Waals surface area contributed by atoms with Gasteiger partial charge >= 0.3 is 5.69 Å². The lowest BCUT2D eigenvalue weighted by atomic mass is 10.2. The van der Waals surface area contributed by atoms with Crippen LogP contribution in [0.15, 0.2) is 35.4 Å². The van der Waals surface area contributed by atoms with E-state index in [1.807, 2.05) is 19.1 Å². The van der Waals surface area contributed by atoms with Crippen LogP contribution in [0.5, 0.6) is 0 Å². The van der Waals surface area contributed by atoms with Crippen LogP contribution in [0.4, 0.5) is 0 Å². The van der Waals surface area contributed by atoms with Crippen molar-refractivity contribution >= 4 is 11.6 Å². The number of halogens is 1. The van der Waals surface area contributed by atoms with Crippen LogP contribution in [0.1, 0.15) is 5.56 Å². The fourth-order valence-corrected chi connectivity index (χ4v) is 1.74. The first-order valence-corrected chi connectivity index (χ1v) is 4.59. The summed E-state index contributed by atoms with van der Waals surface area (Å²) in [5.41, 5.74) is 1.53. The van der Waals surface area contributed by atoms with E-state index < -0.39 is 0 Å². The monoisotopic (exact) mass is 208 g/mol. The van der Waals surface area contributed by atoms with Crippen molar-refractivity contribution in [1.82, 2.24) is 9.55 Å². The van der Waals surface area contributed by atoms with Gasteiger partial charge in [-0.1, -0.05) is 23.7 Å². The molecule has 1 N–H and O–H groups in total. The van der Waals surface area contributed by atoms with Crippen molar-refractivity contribution in [1.29, 1.82) is 0 Å². The first-order chi connectivity index (χ1) is 6.70. The fourth-order valence-electron chi connectivity index (χ4n) is 1.42. The van der Waals surface area contributed by atoms with Crippen LogP contribution < -0.4 is 5.69 Å². The molecule has 4 heteroatoms. The number of aryl methyl sites for hydroxylation is 1. The van der Waals surface area contributed by atoms with Gasteiger partial charge in [0.15, 0.2) is 0 Å². The van der Waals surface area contributed by atoms with Gasteiger partial charge in [-0.25, -0.2) is 4.79 Å². The number of nitrogens with zero attached hydrogens (tertiary/aromatic N) is 1. The summed E-state index contributed by atoms with van der Waals surface area (Å²) < 4.78 is 1.50. The standard InChI is InChI=1S/C10H9ClN2O/c1-7-3-2-4-8(11)9(7)13-6-5-12-10(13)14/h2-6H,1H3,(H,12,14). The molecule has 0 aliphatic rings. The quantitative estimate of drug-likeness (QED) is 0.766. The third-order valence-electron chi connectivity index (χ3n) is 2.08. The van der Waals surface area contributed by atoms with E-state index >= 15 is 0 Å². The number of aromatic nitrogens is 2. The van der Waals surface area contributed by atoms with Gasteiger partial charge in [0.05, 0.1) is 10.7 Å². The van der Waals surface area contributed by atoms with Crippen molar-refractivity contribution < 1.29 is 0 Å². The maximum atomic E-state index is 11.4. The molecule has 0 amide bonds.